The molecule has 0 spiro atoms. The van der Waals surface area contributed by atoms with Crippen LogP contribution in [0.4, 0.5) is 4.79 Å². The molecule has 1 N–H and O–H groups in total. The van der Waals surface area contributed by atoms with Crippen molar-refractivity contribution in [2.75, 3.05) is 6.61 Å². The molecule has 1 saturated carbocycles. The minimum Gasteiger partial charge on any atom is -0.372 e. The Morgan fingerprint density at radius 3 is 2.78 bits per heavy atom. The molecular weight excluding hydrogens is 334 g/mol. The molecule has 2 amide bonds. The fourth-order valence-corrected chi connectivity index (χ4v) is 4.06. The van der Waals surface area contributed by atoms with Gasteiger partial charge in [-0.15, -0.1) is 0 Å². The second-order valence-electron chi connectivity index (χ2n) is 6.12. The van der Waals surface area contributed by atoms with Crippen molar-refractivity contribution in [2.45, 2.75) is 44.6 Å². The molecule has 3 aliphatic rings. The minimum absolute atomic E-state index is 0.152. The number of hydrogen-bond donors (Lipinski definition) is 1. The van der Waals surface area contributed by atoms with Crippen LogP contribution < -0.4 is 5.32 Å². The molecule has 0 bridgehead atoms. The fraction of sp³-hybridized carbons (Fsp3) is 0.529. The topological polar surface area (TPSA) is 55.4 Å². The van der Waals surface area contributed by atoms with Crippen molar-refractivity contribution in [1.29, 1.82) is 0 Å². The normalized spacial score (nSPS) is 27.9. The highest BCUT2D eigenvalue weighted by molar-refractivity contribution is 8.18. The molecule has 0 aromatic carbocycles. The molecule has 2 fully saturated rings. The van der Waals surface area contributed by atoms with Crippen molar-refractivity contribution in [3.63, 3.8) is 0 Å². The zero-order valence-electron chi connectivity index (χ0n) is 12.8. The van der Waals surface area contributed by atoms with Gasteiger partial charge in [-0.25, -0.2) is 0 Å². The number of amides is 2. The van der Waals surface area contributed by atoms with Crippen LogP contribution in [-0.2, 0) is 9.53 Å². The number of halogens is 1. The summed E-state index contributed by atoms with van der Waals surface area (Å²) < 4.78 is 6.03. The van der Waals surface area contributed by atoms with Crippen LogP contribution >= 0.6 is 23.4 Å². The van der Waals surface area contributed by atoms with Gasteiger partial charge in [0.1, 0.15) is 0 Å². The quantitative estimate of drug-likeness (QED) is 0.767. The molecule has 1 heterocycles. The molecule has 4 nitrogen and oxygen atoms in total. The largest absolute Gasteiger partial charge is 0.372 e. The lowest BCUT2D eigenvalue weighted by atomic mass is 9.90. The molecule has 0 aromatic rings. The van der Waals surface area contributed by atoms with Crippen molar-refractivity contribution in [1.82, 2.24) is 5.32 Å². The van der Waals surface area contributed by atoms with E-state index in [4.69, 9.17) is 16.3 Å². The van der Waals surface area contributed by atoms with Gasteiger partial charge < -0.3 is 4.74 Å². The molecule has 1 aliphatic heterocycles. The van der Waals surface area contributed by atoms with E-state index in [1.165, 1.54) is 32.1 Å². The Kier molecular flexibility index (Phi) is 5.62. The van der Waals surface area contributed by atoms with E-state index in [0.29, 0.717) is 15.9 Å². The van der Waals surface area contributed by atoms with Crippen LogP contribution in [0, 0.1) is 5.92 Å². The third kappa shape index (κ3) is 4.28. The molecule has 6 heteroatoms. The highest BCUT2D eigenvalue weighted by atomic mass is 35.5. The second kappa shape index (κ2) is 7.69. The average Bonchev–Trinajstić information content (AvgIpc) is 2.87. The van der Waals surface area contributed by atoms with Crippen LogP contribution in [0.3, 0.4) is 0 Å². The predicted molar refractivity (Wildman–Crippen MR) is 92.2 cm³/mol. The third-order valence-corrected chi connectivity index (χ3v) is 5.66. The molecule has 1 saturated heterocycles. The van der Waals surface area contributed by atoms with Crippen molar-refractivity contribution in [3.8, 4) is 0 Å². The number of ether oxygens (including phenoxy) is 1. The summed E-state index contributed by atoms with van der Waals surface area (Å²) in [6.07, 6.45) is 12.5. The number of carbonyl (C=O) groups is 2. The number of nitrogens with one attached hydrogen (secondary N) is 1. The summed E-state index contributed by atoms with van der Waals surface area (Å²) in [6.45, 7) is 0.742. The van der Waals surface area contributed by atoms with E-state index in [2.05, 4.69) is 5.32 Å². The van der Waals surface area contributed by atoms with Gasteiger partial charge in [-0.3, -0.25) is 14.9 Å². The van der Waals surface area contributed by atoms with E-state index in [-0.39, 0.29) is 17.3 Å². The van der Waals surface area contributed by atoms with E-state index >= 15 is 0 Å². The van der Waals surface area contributed by atoms with Crippen LogP contribution in [0.1, 0.15) is 38.5 Å². The molecule has 3 rings (SSSR count). The number of allylic oxidation sites excluding steroid dienone is 3. The molecular formula is C17H20ClNO3S. The monoisotopic (exact) mass is 353 g/mol. The van der Waals surface area contributed by atoms with E-state index < -0.39 is 0 Å². The zero-order chi connectivity index (χ0) is 16.2. The predicted octanol–water partition coefficient (Wildman–Crippen LogP) is 4.27. The van der Waals surface area contributed by atoms with Crippen molar-refractivity contribution >= 4 is 34.5 Å². The summed E-state index contributed by atoms with van der Waals surface area (Å²) in [5.74, 6) is 0.269. The van der Waals surface area contributed by atoms with Crippen molar-refractivity contribution in [2.24, 2.45) is 5.92 Å². The zero-order valence-corrected chi connectivity index (χ0v) is 14.4. The number of hydrogen-bond acceptors (Lipinski definition) is 4. The van der Waals surface area contributed by atoms with Gasteiger partial charge in [0.15, 0.2) is 0 Å². The molecule has 1 atom stereocenters. The first-order valence-corrected chi connectivity index (χ1v) is 9.25. The van der Waals surface area contributed by atoms with Crippen molar-refractivity contribution in [3.05, 3.63) is 33.7 Å². The average molecular weight is 354 g/mol. The van der Waals surface area contributed by atoms with Gasteiger partial charge in [0.05, 0.1) is 22.6 Å². The van der Waals surface area contributed by atoms with E-state index in [9.17, 15) is 9.59 Å². The minimum atomic E-state index is -0.365. The number of rotatable bonds is 4. The maximum absolute atomic E-state index is 11.6. The Morgan fingerprint density at radius 2 is 2.09 bits per heavy atom. The lowest BCUT2D eigenvalue weighted by Crippen LogP contribution is -2.22. The summed E-state index contributed by atoms with van der Waals surface area (Å²) in [7, 11) is 0. The van der Waals surface area contributed by atoms with Gasteiger partial charge in [-0.05, 0) is 48.6 Å². The molecule has 0 aromatic heterocycles. The highest BCUT2D eigenvalue weighted by Gasteiger charge is 2.27. The Morgan fingerprint density at radius 1 is 1.30 bits per heavy atom. The van der Waals surface area contributed by atoms with Gasteiger partial charge in [0.25, 0.3) is 11.1 Å². The highest BCUT2D eigenvalue weighted by Crippen LogP contribution is 2.32. The number of imide groups is 1. The lowest BCUT2D eigenvalue weighted by Gasteiger charge is -2.26. The first kappa shape index (κ1) is 16.8. The van der Waals surface area contributed by atoms with E-state index in [1.54, 1.807) is 6.08 Å². The Labute approximate surface area is 145 Å². The van der Waals surface area contributed by atoms with Gasteiger partial charge in [-0.2, -0.15) is 0 Å². The summed E-state index contributed by atoms with van der Waals surface area (Å²) >= 11 is 7.36. The standard InChI is InChI=1S/C17H20ClNO3S/c18-15-12(9-14-16(20)19-17(21)23-14)7-4-8-13(15)22-10-11-5-2-1-3-6-11/h4,7,9,11,13H,1-3,5-6,8,10H2,(H,19,20,21)/b14-9-. The summed E-state index contributed by atoms with van der Waals surface area (Å²) in [6, 6.07) is 0. The van der Waals surface area contributed by atoms with Gasteiger partial charge in [0.2, 0.25) is 0 Å². The maximum atomic E-state index is 11.6. The van der Waals surface area contributed by atoms with Gasteiger partial charge in [0, 0.05) is 0 Å². The SMILES string of the molecule is O=C1NC(=O)/C(=C/C2=C(Cl)C(OCC3CCCCC3)CC=C2)S1. The molecule has 1 unspecified atom stereocenters. The Bertz CT molecular complexity index is 591. The molecule has 124 valence electrons. The van der Waals surface area contributed by atoms with Crippen LogP contribution in [0.25, 0.3) is 0 Å². The maximum Gasteiger partial charge on any atom is 0.290 e. The number of thioether (sulfide) groups is 1. The van der Waals surface area contributed by atoms with Crippen LogP contribution in [-0.4, -0.2) is 23.9 Å². The smallest absolute Gasteiger partial charge is 0.290 e. The first-order valence-electron chi connectivity index (χ1n) is 8.06. The summed E-state index contributed by atoms with van der Waals surface area (Å²) in [4.78, 5) is 23.2. The van der Waals surface area contributed by atoms with E-state index in [1.807, 2.05) is 12.2 Å². The van der Waals surface area contributed by atoms with Crippen LogP contribution in [0.5, 0.6) is 0 Å². The van der Waals surface area contributed by atoms with Crippen LogP contribution in [0.15, 0.2) is 33.7 Å². The van der Waals surface area contributed by atoms with E-state index in [0.717, 1.165) is 30.4 Å². The van der Waals surface area contributed by atoms with Crippen LogP contribution in [0.2, 0.25) is 0 Å². The first-order chi connectivity index (χ1) is 11.1. The van der Waals surface area contributed by atoms with Gasteiger partial charge >= 0.3 is 0 Å². The summed E-state index contributed by atoms with van der Waals surface area (Å²) in [5, 5.41) is 2.52. The Balaban J connectivity index is 1.65. The lowest BCUT2D eigenvalue weighted by molar-refractivity contribution is -0.115. The molecule has 2 aliphatic carbocycles. The number of carbonyl (C=O) groups excluding carboxylic acids is 2. The fourth-order valence-electron chi connectivity index (χ4n) is 3.11. The summed E-state index contributed by atoms with van der Waals surface area (Å²) in [5.41, 5.74) is 0.749. The second-order valence-corrected chi connectivity index (χ2v) is 7.54. The molecule has 23 heavy (non-hydrogen) atoms. The Hall–Kier alpha value is -1.04. The van der Waals surface area contributed by atoms with Gasteiger partial charge in [-0.1, -0.05) is 43.0 Å². The molecule has 0 radical (unpaired) electrons. The van der Waals surface area contributed by atoms with Crippen molar-refractivity contribution < 1.29 is 14.3 Å². The third-order valence-electron chi connectivity index (χ3n) is 4.39.